The third-order valence-corrected chi connectivity index (χ3v) is 4.70. The summed E-state index contributed by atoms with van der Waals surface area (Å²) in [7, 11) is 4.57. The summed E-state index contributed by atoms with van der Waals surface area (Å²) in [5.41, 5.74) is 2.60. The second-order valence-corrected chi connectivity index (χ2v) is 7.06. The smallest absolute Gasteiger partial charge is 0.312 e. The zero-order valence-corrected chi connectivity index (χ0v) is 18.0. The fourth-order valence-electron chi connectivity index (χ4n) is 2.63. The van der Waals surface area contributed by atoms with Crippen molar-refractivity contribution in [1.29, 1.82) is 0 Å². The second-order valence-electron chi connectivity index (χ2n) is 5.81. The van der Waals surface area contributed by atoms with E-state index in [0.29, 0.717) is 22.8 Å². The summed E-state index contributed by atoms with van der Waals surface area (Å²) in [6, 6.07) is 9.28. The van der Waals surface area contributed by atoms with Crippen LogP contribution in [0.3, 0.4) is 0 Å². The van der Waals surface area contributed by atoms with Crippen LogP contribution in [-0.4, -0.2) is 37.6 Å². The van der Waals surface area contributed by atoms with Gasteiger partial charge in [0.1, 0.15) is 0 Å². The van der Waals surface area contributed by atoms with Crippen LogP contribution in [0, 0.1) is 10.5 Å². The van der Waals surface area contributed by atoms with Gasteiger partial charge in [0.05, 0.1) is 33.2 Å². The fourth-order valence-corrected chi connectivity index (χ4v) is 3.28. The zero-order valence-electron chi connectivity index (χ0n) is 15.8. The summed E-state index contributed by atoms with van der Waals surface area (Å²) in [6.45, 7) is 1.97. The molecule has 0 saturated heterocycles. The van der Waals surface area contributed by atoms with Crippen LogP contribution < -0.4 is 14.2 Å². The maximum atomic E-state index is 10.1. The van der Waals surface area contributed by atoms with Gasteiger partial charge < -0.3 is 23.7 Å². The number of methoxy groups -OCH3 is 3. The molecule has 0 fully saturated rings. The summed E-state index contributed by atoms with van der Waals surface area (Å²) >= 11 is 2.24. The molecule has 0 unspecified atom stereocenters. The lowest BCUT2D eigenvalue weighted by atomic mass is 10.2. The van der Waals surface area contributed by atoms with Gasteiger partial charge in [0.2, 0.25) is 11.6 Å². The Morgan fingerprint density at radius 3 is 2.32 bits per heavy atom. The molecular weight excluding hydrogens is 475 g/mol. The molecule has 0 spiro atoms. The van der Waals surface area contributed by atoms with Crippen LogP contribution in [0.1, 0.15) is 11.3 Å². The highest BCUT2D eigenvalue weighted by Crippen LogP contribution is 2.41. The Kier molecular flexibility index (Phi) is 6.08. The third kappa shape index (κ3) is 4.06. The molecule has 8 heteroatoms. The quantitative estimate of drug-likeness (QED) is 0.394. The topological polar surface area (TPSA) is 86.3 Å². The molecule has 7 nitrogen and oxygen atoms in total. The van der Waals surface area contributed by atoms with Crippen LogP contribution in [0.25, 0.3) is 11.5 Å². The van der Waals surface area contributed by atoms with Crippen LogP contribution in [-0.2, 0) is 0 Å². The van der Waals surface area contributed by atoms with Crippen molar-refractivity contribution in [2.75, 3.05) is 21.3 Å². The zero-order chi connectivity index (χ0) is 20.3. The summed E-state index contributed by atoms with van der Waals surface area (Å²) in [6.07, 6.45) is 1.47. The van der Waals surface area contributed by atoms with E-state index < -0.39 is 0 Å². The molecule has 0 aliphatic carbocycles. The van der Waals surface area contributed by atoms with E-state index in [1.54, 1.807) is 12.1 Å². The monoisotopic (exact) mass is 494 g/mol. The number of rotatable bonds is 6. The van der Waals surface area contributed by atoms with Gasteiger partial charge in [-0.15, -0.1) is 0 Å². The predicted octanol–water partition coefficient (Wildman–Crippen LogP) is 4.74. The SMILES string of the molecule is COc1cc(-c2nc(C=Nc3ccc(I)cc3C)c(O)o2)cc(OC)c1OC. The Labute approximate surface area is 176 Å². The van der Waals surface area contributed by atoms with Crippen molar-refractivity contribution in [1.82, 2.24) is 4.98 Å². The lowest BCUT2D eigenvalue weighted by Gasteiger charge is -2.12. The molecule has 0 bridgehead atoms. The highest BCUT2D eigenvalue weighted by atomic mass is 127. The first-order chi connectivity index (χ1) is 13.5. The molecule has 28 heavy (non-hydrogen) atoms. The number of hydrogen-bond donors (Lipinski definition) is 1. The predicted molar refractivity (Wildman–Crippen MR) is 114 cm³/mol. The van der Waals surface area contributed by atoms with Crippen molar-refractivity contribution >= 4 is 34.5 Å². The van der Waals surface area contributed by atoms with E-state index in [4.69, 9.17) is 18.6 Å². The number of benzene rings is 2. The van der Waals surface area contributed by atoms with Gasteiger partial charge in [0.25, 0.3) is 0 Å². The third-order valence-electron chi connectivity index (χ3n) is 4.03. The number of aliphatic imine (C=N–C) groups is 1. The van der Waals surface area contributed by atoms with Gasteiger partial charge in [-0.3, -0.25) is 4.99 Å². The second kappa shape index (κ2) is 8.51. The Morgan fingerprint density at radius 2 is 1.75 bits per heavy atom. The van der Waals surface area contributed by atoms with E-state index >= 15 is 0 Å². The van der Waals surface area contributed by atoms with Gasteiger partial charge in [-0.05, 0) is 65.4 Å². The van der Waals surface area contributed by atoms with Crippen LogP contribution in [0.15, 0.2) is 39.7 Å². The van der Waals surface area contributed by atoms with E-state index in [9.17, 15) is 5.11 Å². The molecule has 3 aromatic rings. The number of hydrogen-bond acceptors (Lipinski definition) is 7. The molecule has 0 saturated carbocycles. The lowest BCUT2D eigenvalue weighted by molar-refractivity contribution is 0.323. The molecule has 1 aromatic heterocycles. The van der Waals surface area contributed by atoms with Gasteiger partial charge in [-0.1, -0.05) is 0 Å². The molecule has 1 heterocycles. The Balaban J connectivity index is 1.97. The average molecular weight is 494 g/mol. The van der Waals surface area contributed by atoms with Crippen LogP contribution in [0.2, 0.25) is 0 Å². The van der Waals surface area contributed by atoms with Crippen LogP contribution >= 0.6 is 22.6 Å². The van der Waals surface area contributed by atoms with E-state index in [0.717, 1.165) is 14.8 Å². The van der Waals surface area contributed by atoms with Gasteiger partial charge in [-0.2, -0.15) is 0 Å². The van der Waals surface area contributed by atoms with Gasteiger partial charge in [0.15, 0.2) is 17.2 Å². The minimum atomic E-state index is -0.323. The lowest BCUT2D eigenvalue weighted by Crippen LogP contribution is -1.95. The highest BCUT2D eigenvalue weighted by Gasteiger charge is 2.19. The Morgan fingerprint density at radius 1 is 1.07 bits per heavy atom. The minimum absolute atomic E-state index is 0.206. The molecule has 0 amide bonds. The van der Waals surface area contributed by atoms with Crippen LogP contribution in [0.4, 0.5) is 5.69 Å². The maximum absolute atomic E-state index is 10.1. The number of oxazole rings is 1. The van der Waals surface area contributed by atoms with Crippen LogP contribution in [0.5, 0.6) is 23.2 Å². The highest BCUT2D eigenvalue weighted by molar-refractivity contribution is 14.1. The van der Waals surface area contributed by atoms with E-state index in [1.165, 1.54) is 27.5 Å². The van der Waals surface area contributed by atoms with Gasteiger partial charge in [-0.25, -0.2) is 4.98 Å². The molecular formula is C20H19IN2O5. The van der Waals surface area contributed by atoms with E-state index in [2.05, 4.69) is 32.6 Å². The largest absolute Gasteiger partial charge is 0.493 e. The molecule has 146 valence electrons. The Hall–Kier alpha value is -2.75. The average Bonchev–Trinajstić information content (AvgIpc) is 3.06. The van der Waals surface area contributed by atoms with Crippen molar-refractivity contribution in [3.8, 4) is 34.6 Å². The molecule has 2 aromatic carbocycles. The fraction of sp³-hybridized carbons (Fsp3) is 0.200. The first-order valence-corrected chi connectivity index (χ1v) is 9.35. The van der Waals surface area contributed by atoms with Crippen molar-refractivity contribution in [3.63, 3.8) is 0 Å². The number of aromatic nitrogens is 1. The number of aromatic hydroxyl groups is 1. The molecule has 0 aliphatic rings. The normalized spacial score (nSPS) is 11.0. The number of ether oxygens (including phenoxy) is 3. The summed E-state index contributed by atoms with van der Waals surface area (Å²) < 4.78 is 22.5. The molecule has 0 atom stereocenters. The van der Waals surface area contributed by atoms with Crippen molar-refractivity contribution < 1.29 is 23.7 Å². The van der Waals surface area contributed by atoms with Crippen molar-refractivity contribution in [3.05, 3.63) is 45.2 Å². The molecule has 0 radical (unpaired) electrons. The molecule has 0 aliphatic heterocycles. The van der Waals surface area contributed by atoms with E-state index in [-0.39, 0.29) is 17.5 Å². The maximum Gasteiger partial charge on any atom is 0.312 e. The Bertz CT molecular complexity index is 1000. The van der Waals surface area contributed by atoms with Crippen molar-refractivity contribution in [2.24, 2.45) is 4.99 Å². The summed E-state index contributed by atoms with van der Waals surface area (Å²) in [5, 5.41) is 10.1. The first kappa shape index (κ1) is 20.0. The van der Waals surface area contributed by atoms with Gasteiger partial charge >= 0.3 is 5.95 Å². The summed E-state index contributed by atoms with van der Waals surface area (Å²) in [5.74, 6) is 1.26. The standard InChI is InChI=1S/C20H19IN2O5/c1-11-7-13(21)5-6-14(11)22-10-15-20(24)28-19(23-15)12-8-16(25-2)18(27-4)17(9-12)26-3/h5-10,24H,1-4H3. The van der Waals surface area contributed by atoms with E-state index in [1.807, 2.05) is 25.1 Å². The molecule has 1 N–H and O–H groups in total. The molecule has 3 rings (SSSR count). The number of halogens is 1. The van der Waals surface area contributed by atoms with Gasteiger partial charge in [0, 0.05) is 9.13 Å². The van der Waals surface area contributed by atoms with Crippen molar-refractivity contribution in [2.45, 2.75) is 6.92 Å². The summed E-state index contributed by atoms with van der Waals surface area (Å²) in [4.78, 5) is 8.73. The minimum Gasteiger partial charge on any atom is -0.493 e. The number of aryl methyl sites for hydroxylation is 1. The first-order valence-electron chi connectivity index (χ1n) is 8.27. The number of nitrogens with zero attached hydrogens (tertiary/aromatic N) is 2.